The molecule has 2 aromatic heterocycles. The standard InChI is InChI=1S/C28H31F5N6O3S/c1-14-9-37(6-5-36(14)4)21-8-19(29)23(20-13-43-27(35-20)38-10-15(2)42-16(3)11-38)24(30)25(21)39-12-17(26(34)41)18(7-22(39)40)28(31,32)33/h7-8,12-16H,5-6,9-11H2,1-4H3,(H2,34,41)/t14?,15-,16+. The Labute approximate surface area is 248 Å². The van der Waals surface area contributed by atoms with Gasteiger partial charge in [0.15, 0.2) is 10.9 Å². The Bertz CT molecular complexity index is 1600. The smallest absolute Gasteiger partial charge is 0.372 e. The number of hydrogen-bond donors (Lipinski definition) is 1. The average Bonchev–Trinajstić information content (AvgIpc) is 3.39. The summed E-state index contributed by atoms with van der Waals surface area (Å²) in [5.41, 5.74) is 0.260. The fourth-order valence-electron chi connectivity index (χ4n) is 5.57. The first-order valence-electron chi connectivity index (χ1n) is 13.6. The molecule has 3 atom stereocenters. The lowest BCUT2D eigenvalue weighted by Crippen LogP contribution is -2.50. The molecule has 15 heteroatoms. The Morgan fingerprint density at radius 3 is 2.35 bits per heavy atom. The molecule has 9 nitrogen and oxygen atoms in total. The molecule has 1 aromatic carbocycles. The first kappa shape index (κ1) is 30.9. The number of piperazine rings is 1. The van der Waals surface area contributed by atoms with Gasteiger partial charge >= 0.3 is 6.18 Å². The minimum Gasteiger partial charge on any atom is -0.372 e. The lowest BCUT2D eigenvalue weighted by atomic mass is 10.0. The first-order chi connectivity index (χ1) is 20.1. The number of thiazole rings is 1. The van der Waals surface area contributed by atoms with Crippen LogP contribution in [-0.2, 0) is 10.9 Å². The molecule has 0 aliphatic carbocycles. The Kier molecular flexibility index (Phi) is 8.26. The minimum atomic E-state index is -5.07. The van der Waals surface area contributed by atoms with Crippen molar-refractivity contribution in [3.8, 4) is 16.9 Å². The summed E-state index contributed by atoms with van der Waals surface area (Å²) < 4.78 is 79.9. The molecule has 0 spiro atoms. The van der Waals surface area contributed by atoms with Crippen molar-refractivity contribution < 1.29 is 31.5 Å². The number of rotatable bonds is 5. The molecule has 2 aliphatic heterocycles. The highest BCUT2D eigenvalue weighted by Gasteiger charge is 2.37. The predicted octanol–water partition coefficient (Wildman–Crippen LogP) is 4.11. The molecule has 1 unspecified atom stereocenters. The highest BCUT2D eigenvalue weighted by Crippen LogP contribution is 2.39. The van der Waals surface area contributed by atoms with Crippen LogP contribution in [0.2, 0.25) is 0 Å². The quantitative estimate of drug-likeness (QED) is 0.426. The number of likely N-dealkylation sites (N-methyl/N-ethyl adjacent to an activating group) is 1. The minimum absolute atomic E-state index is 0.0442. The number of nitrogens with two attached hydrogens (primary N) is 1. The number of alkyl halides is 3. The van der Waals surface area contributed by atoms with Gasteiger partial charge in [-0.15, -0.1) is 11.3 Å². The van der Waals surface area contributed by atoms with E-state index < -0.39 is 51.7 Å². The SMILES string of the molecule is CC1CN(c2cc(F)c(-c3csc(N4C[C@@H](C)O[C@@H](C)C4)n3)c(F)c2-n2cc(C(N)=O)c(C(F)(F)F)cc2=O)CCN1C. The van der Waals surface area contributed by atoms with Gasteiger partial charge in [-0.2, -0.15) is 13.2 Å². The molecule has 4 heterocycles. The van der Waals surface area contributed by atoms with Gasteiger partial charge in [-0.3, -0.25) is 14.2 Å². The fourth-order valence-corrected chi connectivity index (χ4v) is 6.40. The summed E-state index contributed by atoms with van der Waals surface area (Å²) in [6, 6.07) is 1.20. The summed E-state index contributed by atoms with van der Waals surface area (Å²) in [6.07, 6.45) is -4.68. The lowest BCUT2D eigenvalue weighted by molar-refractivity contribution is -0.138. The zero-order chi connectivity index (χ0) is 31.4. The van der Waals surface area contributed by atoms with Gasteiger partial charge in [0.05, 0.1) is 40.3 Å². The lowest BCUT2D eigenvalue weighted by Gasteiger charge is -2.40. The summed E-state index contributed by atoms with van der Waals surface area (Å²) in [6.45, 7) is 7.91. The summed E-state index contributed by atoms with van der Waals surface area (Å²) in [5.74, 6) is -3.63. The van der Waals surface area contributed by atoms with Crippen LogP contribution in [0.3, 0.4) is 0 Å². The van der Waals surface area contributed by atoms with Gasteiger partial charge in [-0.25, -0.2) is 13.8 Å². The van der Waals surface area contributed by atoms with Crippen LogP contribution in [-0.4, -0.2) is 78.4 Å². The summed E-state index contributed by atoms with van der Waals surface area (Å²) in [5, 5.41) is 1.99. The number of morpholine rings is 1. The number of hydrogen-bond acceptors (Lipinski definition) is 8. The monoisotopic (exact) mass is 626 g/mol. The van der Waals surface area contributed by atoms with Crippen LogP contribution in [0.1, 0.15) is 36.7 Å². The van der Waals surface area contributed by atoms with E-state index in [2.05, 4.69) is 4.98 Å². The molecule has 2 fully saturated rings. The number of anilines is 2. The molecule has 3 aromatic rings. The second kappa shape index (κ2) is 11.5. The molecule has 2 saturated heterocycles. The van der Waals surface area contributed by atoms with E-state index in [0.717, 1.165) is 6.07 Å². The van der Waals surface area contributed by atoms with Crippen molar-refractivity contribution in [3.05, 3.63) is 56.8 Å². The number of aromatic nitrogens is 2. The molecule has 43 heavy (non-hydrogen) atoms. The first-order valence-corrected chi connectivity index (χ1v) is 14.5. The summed E-state index contributed by atoms with van der Waals surface area (Å²) in [7, 11) is 1.89. The molecule has 2 N–H and O–H groups in total. The van der Waals surface area contributed by atoms with E-state index >= 15 is 8.78 Å². The zero-order valence-electron chi connectivity index (χ0n) is 23.9. The van der Waals surface area contributed by atoms with Gasteiger partial charge in [0.25, 0.3) is 11.5 Å². The van der Waals surface area contributed by atoms with Crippen molar-refractivity contribution in [2.75, 3.05) is 49.6 Å². The third-order valence-corrected chi connectivity index (χ3v) is 8.68. The third-order valence-electron chi connectivity index (χ3n) is 7.78. The van der Waals surface area contributed by atoms with Crippen LogP contribution < -0.4 is 21.1 Å². The largest absolute Gasteiger partial charge is 0.417 e. The number of primary amides is 1. The zero-order valence-corrected chi connectivity index (χ0v) is 24.7. The Balaban J connectivity index is 1.71. The van der Waals surface area contributed by atoms with E-state index in [4.69, 9.17) is 10.5 Å². The van der Waals surface area contributed by atoms with E-state index in [-0.39, 0.29) is 35.7 Å². The van der Waals surface area contributed by atoms with Gasteiger partial charge in [0.1, 0.15) is 11.5 Å². The Hall–Kier alpha value is -3.56. The summed E-state index contributed by atoms with van der Waals surface area (Å²) >= 11 is 1.18. The normalized spacial score (nSPS) is 21.8. The third kappa shape index (κ3) is 5.97. The van der Waals surface area contributed by atoms with Crippen LogP contribution >= 0.6 is 11.3 Å². The number of benzene rings is 1. The number of carbonyl (C=O) groups excluding carboxylic acids is 1. The number of halogens is 5. The maximum atomic E-state index is 16.7. The fraction of sp³-hybridized carbons (Fsp3) is 0.464. The van der Waals surface area contributed by atoms with Gasteiger partial charge in [0.2, 0.25) is 0 Å². The molecule has 0 saturated carbocycles. The Morgan fingerprint density at radius 1 is 1.07 bits per heavy atom. The van der Waals surface area contributed by atoms with Crippen LogP contribution in [0.25, 0.3) is 16.9 Å². The van der Waals surface area contributed by atoms with Gasteiger partial charge in [0, 0.05) is 62.5 Å². The van der Waals surface area contributed by atoms with Gasteiger partial charge in [-0.1, -0.05) is 0 Å². The number of amides is 1. The van der Waals surface area contributed by atoms with Crippen LogP contribution in [0, 0.1) is 11.6 Å². The maximum Gasteiger partial charge on any atom is 0.417 e. The highest BCUT2D eigenvalue weighted by molar-refractivity contribution is 7.14. The average molecular weight is 627 g/mol. The number of nitrogens with zero attached hydrogens (tertiary/aromatic N) is 5. The van der Waals surface area contributed by atoms with Gasteiger partial charge < -0.3 is 25.2 Å². The van der Waals surface area contributed by atoms with E-state index in [0.29, 0.717) is 48.6 Å². The molecule has 232 valence electrons. The van der Waals surface area contributed by atoms with Crippen molar-refractivity contribution in [2.24, 2.45) is 5.73 Å². The summed E-state index contributed by atoms with van der Waals surface area (Å²) in [4.78, 5) is 35.4. The van der Waals surface area contributed by atoms with Crippen molar-refractivity contribution in [1.29, 1.82) is 0 Å². The number of carbonyl (C=O) groups is 1. The van der Waals surface area contributed by atoms with Crippen molar-refractivity contribution in [2.45, 2.75) is 45.2 Å². The molecular weight excluding hydrogens is 595 g/mol. The van der Waals surface area contributed by atoms with E-state index in [1.165, 1.54) is 16.7 Å². The van der Waals surface area contributed by atoms with Crippen LogP contribution in [0.4, 0.5) is 32.8 Å². The highest BCUT2D eigenvalue weighted by atomic mass is 32.1. The van der Waals surface area contributed by atoms with Crippen molar-refractivity contribution >= 4 is 28.1 Å². The Morgan fingerprint density at radius 2 is 1.74 bits per heavy atom. The van der Waals surface area contributed by atoms with E-state index in [1.807, 2.05) is 37.6 Å². The number of ether oxygens (including phenoxy) is 1. The van der Waals surface area contributed by atoms with Crippen LogP contribution in [0.15, 0.2) is 28.5 Å². The van der Waals surface area contributed by atoms with E-state index in [9.17, 15) is 22.8 Å². The molecule has 1 amide bonds. The molecule has 0 radical (unpaired) electrons. The second-order valence-electron chi connectivity index (χ2n) is 11.0. The maximum absolute atomic E-state index is 16.7. The van der Waals surface area contributed by atoms with Crippen LogP contribution in [0.5, 0.6) is 0 Å². The number of pyridine rings is 1. The van der Waals surface area contributed by atoms with Crippen molar-refractivity contribution in [1.82, 2.24) is 14.5 Å². The molecule has 2 aliphatic rings. The van der Waals surface area contributed by atoms with E-state index in [1.54, 1.807) is 4.90 Å². The van der Waals surface area contributed by atoms with Gasteiger partial charge in [-0.05, 0) is 27.8 Å². The second-order valence-corrected chi connectivity index (χ2v) is 11.9. The molecular formula is C28H31F5N6O3S. The molecule has 5 rings (SSSR count). The topological polar surface area (TPSA) is 96.9 Å². The van der Waals surface area contributed by atoms with Crippen molar-refractivity contribution in [3.63, 3.8) is 0 Å². The molecule has 0 bridgehead atoms. The predicted molar refractivity (Wildman–Crippen MR) is 153 cm³/mol.